The van der Waals surface area contributed by atoms with E-state index in [9.17, 15) is 9.90 Å². The fraction of sp³-hybridized carbons (Fsp3) is 0.350. The summed E-state index contributed by atoms with van der Waals surface area (Å²) >= 11 is 5.92. The number of methoxy groups -OCH3 is 1. The first-order valence-electron chi connectivity index (χ1n) is 9.13. The highest BCUT2D eigenvalue weighted by atomic mass is 35.5. The van der Waals surface area contributed by atoms with Crippen molar-refractivity contribution in [1.82, 2.24) is 10.3 Å². The van der Waals surface area contributed by atoms with Gasteiger partial charge in [0.2, 0.25) is 5.90 Å². The number of nitrogens with two attached hydrogens (primary N) is 1. The minimum Gasteiger partial charge on any atom is -0.475 e. The molecule has 0 radical (unpaired) electrons. The van der Waals surface area contributed by atoms with Crippen molar-refractivity contribution in [3.63, 3.8) is 0 Å². The lowest BCUT2D eigenvalue weighted by atomic mass is 9.92. The molecule has 1 heterocycles. The molecule has 0 aliphatic carbocycles. The van der Waals surface area contributed by atoms with E-state index < -0.39 is 17.7 Å². The van der Waals surface area contributed by atoms with Gasteiger partial charge in [-0.3, -0.25) is 10.7 Å². The Bertz CT molecular complexity index is 884. The van der Waals surface area contributed by atoms with Crippen LogP contribution in [0.4, 0.5) is 16.3 Å². The molecule has 1 aromatic heterocycles. The number of aromatic nitrogens is 1. The van der Waals surface area contributed by atoms with Crippen LogP contribution >= 0.6 is 11.6 Å². The van der Waals surface area contributed by atoms with Crippen molar-refractivity contribution >= 4 is 35.0 Å². The number of nitrogens with one attached hydrogen (secondary N) is 3. The highest BCUT2D eigenvalue weighted by molar-refractivity contribution is 6.30. The van der Waals surface area contributed by atoms with E-state index in [1.165, 1.54) is 19.4 Å². The number of nitrogens with zero attached hydrogens (tertiary/aromatic N) is 1. The van der Waals surface area contributed by atoms with Gasteiger partial charge < -0.3 is 25.6 Å². The Hall–Kier alpha value is -2.88. The van der Waals surface area contributed by atoms with Crippen molar-refractivity contribution < 1.29 is 19.4 Å². The minimum atomic E-state index is -1.24. The highest BCUT2D eigenvalue weighted by Crippen LogP contribution is 2.27. The molecule has 0 spiro atoms. The number of carbonyl (C=O) groups is 1. The molecule has 2 rings (SSSR count). The first-order chi connectivity index (χ1) is 14.1. The molecule has 1 aromatic carbocycles. The summed E-state index contributed by atoms with van der Waals surface area (Å²) in [5, 5.41) is 24.2. The number of hydrogen-bond acceptors (Lipinski definition) is 7. The molecule has 2 aromatic rings. The van der Waals surface area contributed by atoms with Gasteiger partial charge in [0.05, 0.1) is 23.8 Å². The zero-order valence-corrected chi connectivity index (χ0v) is 17.8. The molecule has 0 saturated carbocycles. The summed E-state index contributed by atoms with van der Waals surface area (Å²) in [5.74, 6) is 0.0435. The monoisotopic (exact) mass is 435 g/mol. The van der Waals surface area contributed by atoms with Crippen LogP contribution in [0.25, 0.3) is 0 Å². The van der Waals surface area contributed by atoms with Gasteiger partial charge in [-0.2, -0.15) is 0 Å². The Morgan fingerprint density at radius 3 is 2.57 bits per heavy atom. The lowest BCUT2D eigenvalue weighted by Gasteiger charge is -2.30. The van der Waals surface area contributed by atoms with Crippen molar-refractivity contribution in [3.05, 3.63) is 52.7 Å². The van der Waals surface area contributed by atoms with Gasteiger partial charge in [-0.1, -0.05) is 23.7 Å². The van der Waals surface area contributed by atoms with Gasteiger partial charge in [-0.05, 0) is 31.5 Å². The Kier molecular flexibility index (Phi) is 7.99. The maximum atomic E-state index is 12.5. The lowest BCUT2D eigenvalue weighted by molar-refractivity contribution is 0.0415. The molecule has 10 heteroatoms. The third-order valence-electron chi connectivity index (χ3n) is 4.14. The molecule has 30 heavy (non-hydrogen) atoms. The van der Waals surface area contributed by atoms with E-state index in [2.05, 4.69) is 15.6 Å². The Morgan fingerprint density at radius 1 is 1.33 bits per heavy atom. The molecule has 1 atom stereocenters. The van der Waals surface area contributed by atoms with E-state index in [0.717, 1.165) is 0 Å². The summed E-state index contributed by atoms with van der Waals surface area (Å²) in [5.41, 5.74) is 5.93. The third-order valence-corrected chi connectivity index (χ3v) is 4.39. The van der Waals surface area contributed by atoms with Gasteiger partial charge in [0.15, 0.2) is 0 Å². The number of aliphatic hydroxyl groups is 1. The second-order valence-corrected chi connectivity index (χ2v) is 7.50. The second kappa shape index (κ2) is 10.2. The van der Waals surface area contributed by atoms with Crippen LogP contribution < -0.4 is 16.4 Å². The summed E-state index contributed by atoms with van der Waals surface area (Å²) in [7, 11) is 1.53. The maximum Gasteiger partial charge on any atom is 0.320 e. The molecular formula is C20H26ClN5O4. The third kappa shape index (κ3) is 6.58. The average Bonchev–Trinajstić information content (AvgIpc) is 2.66. The fourth-order valence-corrected chi connectivity index (χ4v) is 2.77. The number of ether oxygens (including phenoxy) is 2. The predicted molar refractivity (Wildman–Crippen MR) is 116 cm³/mol. The topological polar surface area (TPSA) is 143 Å². The lowest BCUT2D eigenvalue weighted by Crippen LogP contribution is -2.44. The Morgan fingerprint density at radius 2 is 2.00 bits per heavy atom. The van der Waals surface area contributed by atoms with Crippen LogP contribution in [0.3, 0.4) is 0 Å². The molecule has 1 unspecified atom stereocenters. The van der Waals surface area contributed by atoms with Gasteiger partial charge >= 0.3 is 6.03 Å². The summed E-state index contributed by atoms with van der Waals surface area (Å²) in [4.78, 5) is 16.6. The minimum absolute atomic E-state index is 0.141. The normalized spacial score (nSPS) is 12.2. The number of benzene rings is 1. The van der Waals surface area contributed by atoms with Gasteiger partial charge in [0, 0.05) is 30.1 Å². The molecule has 2 amide bonds. The smallest absolute Gasteiger partial charge is 0.320 e. The largest absolute Gasteiger partial charge is 0.475 e. The first-order valence-corrected chi connectivity index (χ1v) is 9.51. The zero-order chi connectivity index (χ0) is 22.3. The van der Waals surface area contributed by atoms with Crippen LogP contribution in [-0.4, -0.2) is 47.9 Å². The molecule has 0 bridgehead atoms. The van der Waals surface area contributed by atoms with Gasteiger partial charge in [-0.15, -0.1) is 0 Å². The number of nitrogen functional groups attached to an aromatic ring is 1. The van der Waals surface area contributed by atoms with Crippen molar-refractivity contribution in [3.8, 4) is 0 Å². The molecule has 9 nitrogen and oxygen atoms in total. The molecule has 0 aliphatic rings. The number of halogens is 1. The number of hydrogen-bond donors (Lipinski definition) is 5. The number of urea groups is 1. The molecular weight excluding hydrogens is 410 g/mol. The highest BCUT2D eigenvalue weighted by Gasteiger charge is 2.30. The van der Waals surface area contributed by atoms with Crippen LogP contribution in [0.5, 0.6) is 0 Å². The molecule has 0 aliphatic heterocycles. The first kappa shape index (κ1) is 23.4. The number of pyridine rings is 1. The van der Waals surface area contributed by atoms with E-state index in [-0.39, 0.29) is 24.0 Å². The van der Waals surface area contributed by atoms with E-state index in [4.69, 9.17) is 32.2 Å². The molecule has 0 saturated heterocycles. The summed E-state index contributed by atoms with van der Waals surface area (Å²) in [6.45, 7) is 3.73. The van der Waals surface area contributed by atoms with Gasteiger partial charge in [0.25, 0.3) is 0 Å². The van der Waals surface area contributed by atoms with Gasteiger partial charge in [0.1, 0.15) is 12.4 Å². The quantitative estimate of drug-likeness (QED) is 0.245. The Balaban J connectivity index is 2.08. The maximum absolute atomic E-state index is 12.5. The van der Waals surface area contributed by atoms with E-state index in [0.29, 0.717) is 22.8 Å². The van der Waals surface area contributed by atoms with Crippen molar-refractivity contribution in [2.24, 2.45) is 0 Å². The molecule has 6 N–H and O–H groups in total. The zero-order valence-electron chi connectivity index (χ0n) is 17.0. The van der Waals surface area contributed by atoms with Crippen LogP contribution in [0, 0.1) is 5.41 Å². The number of rotatable bonds is 8. The van der Waals surface area contributed by atoms with E-state index in [1.807, 2.05) is 0 Å². The number of amides is 2. The number of anilines is 2. The van der Waals surface area contributed by atoms with Crippen LogP contribution in [0.2, 0.25) is 5.02 Å². The SMILES string of the molecule is COCCOC(=N)c1cnc(NC(=O)NC(c2ccc(Cl)cc2)C(C)(C)O)cc1N. The summed E-state index contributed by atoms with van der Waals surface area (Å²) < 4.78 is 10.1. The van der Waals surface area contributed by atoms with Crippen LogP contribution in [0.1, 0.15) is 31.0 Å². The molecule has 162 valence electrons. The predicted octanol–water partition coefficient (Wildman–Crippen LogP) is 2.94. The number of carbonyl (C=O) groups excluding carboxylic acids is 1. The van der Waals surface area contributed by atoms with Crippen molar-refractivity contribution in [2.75, 3.05) is 31.4 Å². The van der Waals surface area contributed by atoms with Crippen LogP contribution in [0.15, 0.2) is 36.5 Å². The van der Waals surface area contributed by atoms with Crippen molar-refractivity contribution in [1.29, 1.82) is 5.41 Å². The average molecular weight is 436 g/mol. The summed E-state index contributed by atoms with van der Waals surface area (Å²) in [6, 6.07) is 6.96. The van der Waals surface area contributed by atoms with E-state index in [1.54, 1.807) is 38.1 Å². The fourth-order valence-electron chi connectivity index (χ4n) is 2.64. The van der Waals surface area contributed by atoms with Gasteiger partial charge in [-0.25, -0.2) is 9.78 Å². The van der Waals surface area contributed by atoms with Crippen LogP contribution in [-0.2, 0) is 9.47 Å². The van der Waals surface area contributed by atoms with Crippen molar-refractivity contribution in [2.45, 2.75) is 25.5 Å². The second-order valence-electron chi connectivity index (χ2n) is 7.06. The summed E-state index contributed by atoms with van der Waals surface area (Å²) in [6.07, 6.45) is 1.34. The molecule has 0 fully saturated rings. The Labute approximate surface area is 180 Å². The standard InChI is InChI=1S/C20H26ClN5O4/c1-20(2,28)17(12-4-6-13(21)7-5-12)26-19(27)25-16-10-15(22)14(11-24-16)18(23)30-9-8-29-3/h4-7,10-11,17,23,28H,8-9H2,1-3H3,(H4,22,24,25,26,27). The van der Waals surface area contributed by atoms with E-state index >= 15 is 0 Å².